The summed E-state index contributed by atoms with van der Waals surface area (Å²) in [6, 6.07) is 12.3. The van der Waals surface area contributed by atoms with Gasteiger partial charge in [-0.3, -0.25) is 19.1 Å². The molecule has 1 atom stereocenters. The predicted molar refractivity (Wildman–Crippen MR) is 136 cm³/mol. The Morgan fingerprint density at radius 2 is 2.03 bits per heavy atom. The summed E-state index contributed by atoms with van der Waals surface area (Å²) in [5.74, 6) is -0.264. The predicted octanol–water partition coefficient (Wildman–Crippen LogP) is 3.79. The van der Waals surface area contributed by atoms with Crippen molar-refractivity contribution in [2.45, 2.75) is 32.3 Å². The number of aliphatic hydroxyl groups is 1. The Bertz CT molecular complexity index is 1290. The van der Waals surface area contributed by atoms with Gasteiger partial charge in [0.2, 0.25) is 0 Å². The van der Waals surface area contributed by atoms with Gasteiger partial charge in [-0.15, -0.1) is 11.3 Å². The minimum absolute atomic E-state index is 0.0974. The van der Waals surface area contributed by atoms with E-state index in [1.807, 2.05) is 19.1 Å². The maximum absolute atomic E-state index is 12.9. The largest absolute Gasteiger partial charge is 0.442 e. The molecule has 10 heteroatoms. The Balaban J connectivity index is 1.51. The van der Waals surface area contributed by atoms with E-state index >= 15 is 0 Å². The number of aromatic nitrogens is 1. The minimum atomic E-state index is -0.492. The maximum atomic E-state index is 12.9. The van der Waals surface area contributed by atoms with Crippen molar-refractivity contribution in [3.05, 3.63) is 79.4 Å². The molecule has 3 heterocycles. The first kappa shape index (κ1) is 25.0. The average molecular weight is 516 g/mol. The van der Waals surface area contributed by atoms with E-state index in [0.29, 0.717) is 33.4 Å². The number of carbonyl (C=O) groups is 2. The molecule has 2 amide bonds. The molecule has 1 aliphatic heterocycles. The summed E-state index contributed by atoms with van der Waals surface area (Å²) in [5, 5.41) is 12.0. The molecule has 2 aromatic heterocycles. The highest BCUT2D eigenvalue weighted by Gasteiger charge is 2.33. The van der Waals surface area contributed by atoms with Crippen LogP contribution < -0.4 is 15.8 Å². The number of nitrogens with one attached hydrogen (secondary N) is 1. The van der Waals surface area contributed by atoms with Crippen LogP contribution in [0.15, 0.2) is 53.5 Å². The molecule has 1 saturated heterocycles. The molecule has 0 bridgehead atoms. The van der Waals surface area contributed by atoms with Crippen molar-refractivity contribution in [3.63, 3.8) is 0 Å². The fourth-order valence-electron chi connectivity index (χ4n) is 4.05. The summed E-state index contributed by atoms with van der Waals surface area (Å²) < 4.78 is 7.58. The van der Waals surface area contributed by atoms with Crippen LogP contribution in [0.5, 0.6) is 0 Å². The Hall–Kier alpha value is -3.14. The van der Waals surface area contributed by atoms with Gasteiger partial charge in [-0.1, -0.05) is 31.0 Å². The van der Waals surface area contributed by atoms with Crippen molar-refractivity contribution in [3.8, 4) is 5.69 Å². The second-order valence-corrected chi connectivity index (χ2v) is 9.89. The van der Waals surface area contributed by atoms with Crippen LogP contribution in [-0.2, 0) is 17.6 Å². The normalized spacial score (nSPS) is 15.3. The van der Waals surface area contributed by atoms with Gasteiger partial charge in [0.25, 0.3) is 11.5 Å². The van der Waals surface area contributed by atoms with Gasteiger partial charge in [0.05, 0.1) is 28.0 Å². The number of halogens is 1. The lowest BCUT2D eigenvalue weighted by molar-refractivity contribution is 0.0920. The summed E-state index contributed by atoms with van der Waals surface area (Å²) in [7, 11) is 0. The number of carbonyl (C=O) groups excluding carboxylic acids is 2. The molecule has 8 nitrogen and oxygen atoms in total. The number of aryl methyl sites for hydroxylation is 1. The zero-order valence-corrected chi connectivity index (χ0v) is 20.8. The summed E-state index contributed by atoms with van der Waals surface area (Å²) in [6.07, 6.45) is 2.59. The van der Waals surface area contributed by atoms with Crippen molar-refractivity contribution >= 4 is 40.6 Å². The number of thiophene rings is 1. The molecule has 1 aliphatic rings. The van der Waals surface area contributed by atoms with E-state index in [4.69, 9.17) is 16.3 Å². The summed E-state index contributed by atoms with van der Waals surface area (Å²) in [5.41, 5.74) is 2.70. The Kier molecular flexibility index (Phi) is 7.90. The van der Waals surface area contributed by atoms with Gasteiger partial charge in [0, 0.05) is 30.5 Å². The van der Waals surface area contributed by atoms with Crippen LogP contribution >= 0.6 is 22.9 Å². The van der Waals surface area contributed by atoms with Gasteiger partial charge >= 0.3 is 6.09 Å². The van der Waals surface area contributed by atoms with Crippen LogP contribution in [0.25, 0.3) is 5.69 Å². The highest BCUT2D eigenvalue weighted by molar-refractivity contribution is 7.18. The number of anilines is 1. The number of pyridine rings is 1. The first-order valence-corrected chi connectivity index (χ1v) is 12.6. The molecule has 0 radical (unpaired) electrons. The molecule has 35 heavy (non-hydrogen) atoms. The molecular formula is C25H26ClN3O5S. The van der Waals surface area contributed by atoms with E-state index < -0.39 is 12.2 Å². The van der Waals surface area contributed by atoms with Gasteiger partial charge in [-0.2, -0.15) is 0 Å². The molecule has 4 rings (SSSR count). The number of amides is 2. The third kappa shape index (κ3) is 5.58. The Morgan fingerprint density at radius 3 is 2.74 bits per heavy atom. The molecule has 1 fully saturated rings. The molecule has 0 spiro atoms. The second-order valence-electron chi connectivity index (χ2n) is 8.18. The first-order valence-electron chi connectivity index (χ1n) is 11.4. The molecule has 184 valence electrons. The van der Waals surface area contributed by atoms with E-state index in [1.54, 1.807) is 41.1 Å². The smallest absolute Gasteiger partial charge is 0.414 e. The van der Waals surface area contributed by atoms with Crippen molar-refractivity contribution in [2.24, 2.45) is 0 Å². The van der Waals surface area contributed by atoms with Gasteiger partial charge in [-0.25, -0.2) is 4.79 Å². The van der Waals surface area contributed by atoms with Gasteiger partial charge < -0.3 is 15.2 Å². The zero-order valence-electron chi connectivity index (χ0n) is 19.2. The number of hydrogen-bond acceptors (Lipinski definition) is 6. The Labute approximate surface area is 211 Å². The second kappa shape index (κ2) is 11.1. The molecule has 0 saturated carbocycles. The van der Waals surface area contributed by atoms with Crippen LogP contribution in [0.2, 0.25) is 4.34 Å². The number of aliphatic hydroxyl groups excluding tert-OH is 1. The van der Waals surface area contributed by atoms with Gasteiger partial charge in [0.15, 0.2) is 0 Å². The third-order valence-corrected chi connectivity index (χ3v) is 6.95. The first-order chi connectivity index (χ1) is 16.9. The Morgan fingerprint density at radius 1 is 1.20 bits per heavy atom. The number of rotatable bonds is 9. The average Bonchev–Trinajstić information content (AvgIpc) is 3.45. The van der Waals surface area contributed by atoms with Crippen molar-refractivity contribution < 1.29 is 19.4 Å². The molecule has 1 aromatic carbocycles. The van der Waals surface area contributed by atoms with Crippen LogP contribution in [0, 0.1) is 0 Å². The molecule has 3 aromatic rings. The third-order valence-electron chi connectivity index (χ3n) is 5.72. The van der Waals surface area contributed by atoms with Crippen molar-refractivity contribution in [2.75, 3.05) is 24.6 Å². The van der Waals surface area contributed by atoms with E-state index in [-0.39, 0.29) is 31.0 Å². The number of nitrogens with zero attached hydrogens (tertiary/aromatic N) is 2. The number of hydrogen-bond donors (Lipinski definition) is 2. The van der Waals surface area contributed by atoms with E-state index in [1.165, 1.54) is 16.2 Å². The van der Waals surface area contributed by atoms with Crippen LogP contribution in [0.1, 0.15) is 34.1 Å². The lowest BCUT2D eigenvalue weighted by Crippen LogP contribution is -2.34. The lowest BCUT2D eigenvalue weighted by Gasteiger charge is -2.18. The van der Waals surface area contributed by atoms with Crippen molar-refractivity contribution in [1.82, 2.24) is 9.88 Å². The standard InChI is InChI=1S/C25H26ClN3O5S/c1-2-4-17-13-18(6-7-20(17)28-11-3-5-16(10-12-30)24(28)32)29-15-19(34-25(29)33)14-27-23(31)21-8-9-22(26)35-21/h3,5-9,11,13,19,30H,2,4,10,12,14-15H2,1H3,(H,27,31)/t19-/m0/s1. The maximum Gasteiger partial charge on any atom is 0.414 e. The quantitative estimate of drug-likeness (QED) is 0.451. The van der Waals surface area contributed by atoms with E-state index in [0.717, 1.165) is 17.7 Å². The highest BCUT2D eigenvalue weighted by Crippen LogP contribution is 2.27. The van der Waals surface area contributed by atoms with Gasteiger partial charge in [0.1, 0.15) is 6.10 Å². The fraction of sp³-hybridized carbons (Fsp3) is 0.320. The summed E-state index contributed by atoms with van der Waals surface area (Å²) in [6.45, 7) is 2.43. The number of ether oxygens (including phenoxy) is 1. The SMILES string of the molecule is CCCc1cc(N2C[C@H](CNC(=O)c3ccc(Cl)s3)OC2=O)ccc1-n1cccc(CCO)c1=O. The van der Waals surface area contributed by atoms with Crippen LogP contribution in [-0.4, -0.2) is 47.5 Å². The number of benzene rings is 1. The van der Waals surface area contributed by atoms with E-state index in [2.05, 4.69) is 5.32 Å². The zero-order chi connectivity index (χ0) is 24.9. The number of cyclic esters (lactones) is 1. The fourth-order valence-corrected chi connectivity index (χ4v) is 5.01. The minimum Gasteiger partial charge on any atom is -0.442 e. The summed E-state index contributed by atoms with van der Waals surface area (Å²) in [4.78, 5) is 39.8. The summed E-state index contributed by atoms with van der Waals surface area (Å²) >= 11 is 7.07. The molecular weight excluding hydrogens is 490 g/mol. The molecule has 0 aliphatic carbocycles. The van der Waals surface area contributed by atoms with Crippen molar-refractivity contribution in [1.29, 1.82) is 0 Å². The monoisotopic (exact) mass is 515 g/mol. The van der Waals surface area contributed by atoms with Crippen LogP contribution in [0.3, 0.4) is 0 Å². The topological polar surface area (TPSA) is 101 Å². The van der Waals surface area contributed by atoms with Crippen LogP contribution in [0.4, 0.5) is 10.5 Å². The highest BCUT2D eigenvalue weighted by atomic mass is 35.5. The van der Waals surface area contributed by atoms with Gasteiger partial charge in [-0.05, 0) is 48.4 Å². The molecule has 2 N–H and O–H groups in total. The molecule has 0 unspecified atom stereocenters. The van der Waals surface area contributed by atoms with E-state index in [9.17, 15) is 19.5 Å². The lowest BCUT2D eigenvalue weighted by atomic mass is 10.1.